The summed E-state index contributed by atoms with van der Waals surface area (Å²) in [6, 6.07) is 61.7. The summed E-state index contributed by atoms with van der Waals surface area (Å²) in [4.78, 5) is 83.7. The number of fused-ring (bicyclic) bond motifs is 2. The van der Waals surface area contributed by atoms with Crippen LogP contribution in [0.15, 0.2) is 218 Å². The van der Waals surface area contributed by atoms with Gasteiger partial charge in [0.2, 0.25) is 0 Å². The molecule has 2 aliphatic rings. The minimum atomic E-state index is -0.465. The molecule has 10 heteroatoms. The summed E-state index contributed by atoms with van der Waals surface area (Å²) in [5, 5.41) is 0. The molecular formula is C64H36N2O8. The maximum atomic E-state index is 13.7. The van der Waals surface area contributed by atoms with Crippen molar-refractivity contribution in [2.45, 2.75) is 0 Å². The molecule has 350 valence electrons. The number of rotatable bonds is 10. The maximum Gasteiger partial charge on any atom is 0.266 e. The first kappa shape index (κ1) is 45.7. The number of nitrogens with zero attached hydrogens (tertiary/aromatic N) is 2. The number of amides is 4. The summed E-state index contributed by atoms with van der Waals surface area (Å²) >= 11 is 0. The van der Waals surface area contributed by atoms with Crippen molar-refractivity contribution >= 4 is 46.6 Å². The first-order valence-corrected chi connectivity index (χ1v) is 23.3. The van der Waals surface area contributed by atoms with Gasteiger partial charge in [0.1, 0.15) is 23.0 Å². The van der Waals surface area contributed by atoms with E-state index in [0.717, 1.165) is 20.9 Å². The summed E-state index contributed by atoms with van der Waals surface area (Å²) in [6.45, 7) is 0. The average Bonchev–Trinajstić information content (AvgIpc) is 3.85. The zero-order valence-electron chi connectivity index (χ0n) is 38.9. The van der Waals surface area contributed by atoms with Gasteiger partial charge < -0.3 is 9.47 Å². The Bertz CT molecular complexity index is 3660. The molecule has 74 heavy (non-hydrogen) atoms. The smallest absolute Gasteiger partial charge is 0.266 e. The lowest BCUT2D eigenvalue weighted by molar-refractivity contribution is 0.0910. The highest BCUT2D eigenvalue weighted by Gasteiger charge is 2.38. The lowest BCUT2D eigenvalue weighted by atomic mass is 9.97. The number of hydrogen-bond donors (Lipinski definition) is 0. The molecule has 4 amide bonds. The van der Waals surface area contributed by atoms with E-state index in [1.165, 1.54) is 0 Å². The standard InChI is InChI=1S/C64H36N2O8/c67-59(45-26-30-51(31-27-45)73-53-18-8-16-49(39-53)65-61(69)55-34-24-43(36-57(55)63(65)71)22-20-41-10-3-1-4-11-41)47-14-7-15-48(38-47)60(68)46-28-32-52(33-29-46)74-54-19-9-17-50(40-54)66-62(70)56-35-25-44(37-58(56)64(66)72)23-21-42-12-5-2-6-13-42/h1-19,24-40H. The number of hydrogen-bond acceptors (Lipinski definition) is 8. The molecule has 0 N–H and O–H groups in total. The minimum Gasteiger partial charge on any atom is -0.457 e. The van der Waals surface area contributed by atoms with Crippen molar-refractivity contribution in [3.63, 3.8) is 0 Å². The van der Waals surface area contributed by atoms with Gasteiger partial charge in [0, 0.05) is 56.6 Å². The summed E-state index contributed by atoms with van der Waals surface area (Å²) in [5.41, 5.74) is 6.01. The van der Waals surface area contributed by atoms with Gasteiger partial charge in [-0.25, -0.2) is 9.80 Å². The highest BCUT2D eigenvalue weighted by atomic mass is 16.5. The van der Waals surface area contributed by atoms with Crippen LogP contribution in [0.5, 0.6) is 23.0 Å². The zero-order valence-corrected chi connectivity index (χ0v) is 38.9. The van der Waals surface area contributed by atoms with E-state index in [1.807, 2.05) is 60.7 Å². The fraction of sp³-hybridized carbons (Fsp3) is 0. The van der Waals surface area contributed by atoms with E-state index < -0.39 is 23.6 Å². The lowest BCUT2D eigenvalue weighted by Crippen LogP contribution is -2.29. The maximum absolute atomic E-state index is 13.7. The molecule has 2 heterocycles. The van der Waals surface area contributed by atoms with Crippen LogP contribution < -0.4 is 19.3 Å². The third-order valence-electron chi connectivity index (χ3n) is 12.3. The van der Waals surface area contributed by atoms with Gasteiger partial charge in [-0.05, 0) is 140 Å². The fourth-order valence-electron chi connectivity index (χ4n) is 8.57. The first-order valence-electron chi connectivity index (χ1n) is 23.3. The topological polar surface area (TPSA) is 127 Å². The van der Waals surface area contributed by atoms with Crippen LogP contribution >= 0.6 is 0 Å². The van der Waals surface area contributed by atoms with Crippen LogP contribution in [0.1, 0.15) is 95.5 Å². The molecule has 0 unspecified atom stereocenters. The first-order chi connectivity index (χ1) is 36.1. The van der Waals surface area contributed by atoms with Gasteiger partial charge in [0.25, 0.3) is 23.6 Å². The van der Waals surface area contributed by atoms with Crippen LogP contribution in [-0.4, -0.2) is 35.2 Å². The van der Waals surface area contributed by atoms with Crippen molar-refractivity contribution in [1.82, 2.24) is 0 Å². The molecule has 0 radical (unpaired) electrons. The number of imide groups is 2. The van der Waals surface area contributed by atoms with Crippen molar-refractivity contribution < 1.29 is 38.2 Å². The van der Waals surface area contributed by atoms with Crippen molar-refractivity contribution in [2.24, 2.45) is 0 Å². The minimum absolute atomic E-state index is 0.268. The Labute approximate surface area is 424 Å². The molecule has 0 spiro atoms. The van der Waals surface area contributed by atoms with Crippen LogP contribution in [0.4, 0.5) is 11.4 Å². The van der Waals surface area contributed by atoms with Gasteiger partial charge in [0.15, 0.2) is 11.6 Å². The van der Waals surface area contributed by atoms with Crippen LogP contribution in [0.2, 0.25) is 0 Å². The van der Waals surface area contributed by atoms with Gasteiger partial charge in [-0.3, -0.25) is 28.8 Å². The van der Waals surface area contributed by atoms with Crippen LogP contribution in [0.25, 0.3) is 0 Å². The van der Waals surface area contributed by atoms with Gasteiger partial charge in [-0.2, -0.15) is 0 Å². The van der Waals surface area contributed by atoms with Crippen LogP contribution in [0.3, 0.4) is 0 Å². The average molecular weight is 961 g/mol. The van der Waals surface area contributed by atoms with Gasteiger partial charge >= 0.3 is 0 Å². The van der Waals surface area contributed by atoms with Crippen molar-refractivity contribution in [3.05, 3.63) is 285 Å². The number of ether oxygens (including phenoxy) is 2. The SMILES string of the molecule is O=C(c1ccc(Oc2cccc(N3C(=O)c4ccc(C#Cc5ccccc5)cc4C3=O)c2)cc1)c1cccc(C(=O)c2ccc(Oc3cccc(N4C(=O)c5ccc(C#Cc6ccccc6)cc5C4=O)c3)cc2)c1. The Kier molecular flexibility index (Phi) is 12.1. The third kappa shape index (κ3) is 9.25. The van der Waals surface area contributed by atoms with E-state index in [9.17, 15) is 28.8 Å². The molecule has 9 aromatic rings. The quantitative estimate of drug-likeness (QED) is 0.0753. The zero-order chi connectivity index (χ0) is 50.7. The highest BCUT2D eigenvalue weighted by Crippen LogP contribution is 2.35. The van der Waals surface area contributed by atoms with Crippen molar-refractivity contribution in [1.29, 1.82) is 0 Å². The van der Waals surface area contributed by atoms with E-state index in [0.29, 0.717) is 67.8 Å². The molecule has 0 fully saturated rings. The van der Waals surface area contributed by atoms with E-state index in [-0.39, 0.29) is 33.8 Å². The second kappa shape index (κ2) is 19.6. The predicted octanol–water partition coefficient (Wildman–Crippen LogP) is 12.1. The molecule has 0 bridgehead atoms. The fourth-order valence-corrected chi connectivity index (χ4v) is 8.57. The predicted molar refractivity (Wildman–Crippen MR) is 279 cm³/mol. The largest absolute Gasteiger partial charge is 0.457 e. The van der Waals surface area contributed by atoms with Gasteiger partial charge in [-0.1, -0.05) is 90.4 Å². The van der Waals surface area contributed by atoms with Crippen LogP contribution in [0, 0.1) is 23.7 Å². The van der Waals surface area contributed by atoms with E-state index in [1.54, 1.807) is 158 Å². The lowest BCUT2D eigenvalue weighted by Gasteiger charge is -2.15. The summed E-state index contributed by atoms with van der Waals surface area (Å²) in [6.07, 6.45) is 0. The van der Waals surface area contributed by atoms with Gasteiger partial charge in [-0.15, -0.1) is 0 Å². The summed E-state index contributed by atoms with van der Waals surface area (Å²) in [5.74, 6) is 11.4. The monoisotopic (exact) mass is 960 g/mol. The van der Waals surface area contributed by atoms with Crippen LogP contribution in [-0.2, 0) is 0 Å². The molecular weight excluding hydrogens is 925 g/mol. The number of ketones is 2. The van der Waals surface area contributed by atoms with E-state index in [2.05, 4.69) is 23.7 Å². The Morgan fingerprint density at radius 1 is 0.297 bits per heavy atom. The van der Waals surface area contributed by atoms with E-state index in [4.69, 9.17) is 9.47 Å². The van der Waals surface area contributed by atoms with Gasteiger partial charge in [0.05, 0.1) is 33.6 Å². The molecule has 0 aromatic heterocycles. The Hall–Kier alpha value is -10.7. The molecule has 0 atom stereocenters. The molecule has 0 saturated heterocycles. The van der Waals surface area contributed by atoms with E-state index >= 15 is 0 Å². The Morgan fingerprint density at radius 2 is 0.676 bits per heavy atom. The Balaban J connectivity index is 0.715. The number of carbonyl (C=O) groups excluding carboxylic acids is 6. The second-order valence-electron chi connectivity index (χ2n) is 17.1. The third-order valence-corrected chi connectivity index (χ3v) is 12.3. The molecule has 0 saturated carbocycles. The Morgan fingerprint density at radius 3 is 1.09 bits per heavy atom. The number of anilines is 2. The van der Waals surface area contributed by atoms with Crippen molar-refractivity contribution in [3.8, 4) is 46.7 Å². The summed E-state index contributed by atoms with van der Waals surface area (Å²) in [7, 11) is 0. The molecule has 0 aliphatic carbocycles. The van der Waals surface area contributed by atoms with Crippen molar-refractivity contribution in [2.75, 3.05) is 9.80 Å². The molecule has 2 aliphatic heterocycles. The normalized spacial score (nSPS) is 12.3. The highest BCUT2D eigenvalue weighted by molar-refractivity contribution is 6.35. The molecule has 11 rings (SSSR count). The second-order valence-corrected chi connectivity index (χ2v) is 17.1. The number of carbonyl (C=O) groups is 6. The number of benzene rings is 9. The molecule has 9 aromatic carbocycles. The summed E-state index contributed by atoms with van der Waals surface area (Å²) < 4.78 is 12.2. The molecule has 10 nitrogen and oxygen atoms in total.